The van der Waals surface area contributed by atoms with Crippen LogP contribution in [0, 0.1) is 18.6 Å². The summed E-state index contributed by atoms with van der Waals surface area (Å²) in [7, 11) is 0. The first kappa shape index (κ1) is 14.5. The highest BCUT2D eigenvalue weighted by Crippen LogP contribution is 2.21. The van der Waals surface area contributed by atoms with Crippen LogP contribution in [0.15, 0.2) is 36.4 Å². The molecule has 1 amide bonds. The van der Waals surface area contributed by atoms with Crippen LogP contribution in [0.1, 0.15) is 11.1 Å². The first-order valence-corrected chi connectivity index (χ1v) is 6.34. The normalized spacial score (nSPS) is 10.4. The fraction of sp³-hybridized carbons (Fsp3) is 0.133. The van der Waals surface area contributed by atoms with E-state index >= 15 is 0 Å². The average Bonchev–Trinajstić information content (AvgIpc) is 2.38. The summed E-state index contributed by atoms with van der Waals surface area (Å²) < 4.78 is 27.1. The molecule has 0 unspecified atom stereocenters. The van der Waals surface area contributed by atoms with Gasteiger partial charge in [0.15, 0.2) is 0 Å². The Morgan fingerprint density at radius 1 is 1.20 bits per heavy atom. The Hall–Kier alpha value is -1.94. The van der Waals surface area contributed by atoms with Gasteiger partial charge in [0.05, 0.1) is 12.1 Å². The molecule has 0 aliphatic heterocycles. The van der Waals surface area contributed by atoms with Gasteiger partial charge in [-0.05, 0) is 36.8 Å². The zero-order valence-electron chi connectivity index (χ0n) is 10.7. The summed E-state index contributed by atoms with van der Waals surface area (Å²) >= 11 is 5.84. The molecule has 2 aromatic carbocycles. The van der Waals surface area contributed by atoms with Crippen molar-refractivity contribution in [3.63, 3.8) is 0 Å². The molecule has 0 aliphatic carbocycles. The van der Waals surface area contributed by atoms with Crippen molar-refractivity contribution in [2.24, 2.45) is 0 Å². The molecule has 104 valence electrons. The molecule has 0 heterocycles. The van der Waals surface area contributed by atoms with Crippen LogP contribution >= 0.6 is 11.6 Å². The lowest BCUT2D eigenvalue weighted by Crippen LogP contribution is -2.16. The number of benzene rings is 2. The molecule has 0 atom stereocenters. The topological polar surface area (TPSA) is 29.1 Å². The standard InChI is InChI=1S/C15H12ClF2NO/c1-9-5-6-13(18)14(7-9)19-15(20)8-10-11(16)3-2-4-12(10)17/h2-7H,8H2,1H3,(H,19,20). The van der Waals surface area contributed by atoms with E-state index in [-0.39, 0.29) is 22.7 Å². The SMILES string of the molecule is Cc1ccc(F)c(NC(=O)Cc2c(F)cccc2Cl)c1. The summed E-state index contributed by atoms with van der Waals surface area (Å²) in [5, 5.41) is 2.59. The third kappa shape index (κ3) is 3.33. The van der Waals surface area contributed by atoms with Crippen molar-refractivity contribution < 1.29 is 13.6 Å². The largest absolute Gasteiger partial charge is 0.323 e. The van der Waals surface area contributed by atoms with Crippen molar-refractivity contribution in [2.45, 2.75) is 13.3 Å². The van der Waals surface area contributed by atoms with Gasteiger partial charge >= 0.3 is 0 Å². The number of halogens is 3. The molecule has 0 aromatic heterocycles. The van der Waals surface area contributed by atoms with Gasteiger partial charge in [-0.15, -0.1) is 0 Å². The van der Waals surface area contributed by atoms with Gasteiger partial charge in [0.2, 0.25) is 5.91 Å². The number of rotatable bonds is 3. The summed E-state index contributed by atoms with van der Waals surface area (Å²) in [5.74, 6) is -1.62. The third-order valence-electron chi connectivity index (χ3n) is 2.79. The Labute approximate surface area is 120 Å². The molecule has 1 N–H and O–H groups in total. The van der Waals surface area contributed by atoms with Crippen molar-refractivity contribution >= 4 is 23.2 Å². The number of nitrogens with one attached hydrogen (secondary N) is 1. The van der Waals surface area contributed by atoms with Gasteiger partial charge in [-0.2, -0.15) is 0 Å². The van der Waals surface area contributed by atoms with Gasteiger partial charge in [-0.25, -0.2) is 8.78 Å². The van der Waals surface area contributed by atoms with Crippen LogP contribution in [0.25, 0.3) is 0 Å². The monoisotopic (exact) mass is 295 g/mol. The Balaban J connectivity index is 2.15. The van der Waals surface area contributed by atoms with E-state index in [4.69, 9.17) is 11.6 Å². The molecule has 0 bridgehead atoms. The first-order valence-electron chi connectivity index (χ1n) is 5.96. The lowest BCUT2D eigenvalue weighted by atomic mass is 10.1. The Bertz CT molecular complexity index is 638. The molecule has 5 heteroatoms. The smallest absolute Gasteiger partial charge is 0.229 e. The van der Waals surface area contributed by atoms with Crippen molar-refractivity contribution in [1.29, 1.82) is 0 Å². The number of amides is 1. The van der Waals surface area contributed by atoms with E-state index in [1.807, 2.05) is 0 Å². The molecule has 2 nitrogen and oxygen atoms in total. The van der Waals surface area contributed by atoms with Gasteiger partial charge in [0, 0.05) is 10.6 Å². The number of hydrogen-bond acceptors (Lipinski definition) is 1. The quantitative estimate of drug-likeness (QED) is 0.907. The maximum Gasteiger partial charge on any atom is 0.229 e. The Kier molecular flexibility index (Phi) is 4.35. The van der Waals surface area contributed by atoms with E-state index in [1.54, 1.807) is 13.0 Å². The zero-order valence-corrected chi connectivity index (χ0v) is 11.5. The molecule has 0 saturated heterocycles. The van der Waals surface area contributed by atoms with E-state index in [9.17, 15) is 13.6 Å². The second-order valence-corrected chi connectivity index (χ2v) is 4.82. The highest BCUT2D eigenvalue weighted by Gasteiger charge is 2.13. The molecular formula is C15H12ClF2NO. The van der Waals surface area contributed by atoms with Crippen molar-refractivity contribution in [1.82, 2.24) is 0 Å². The molecule has 0 saturated carbocycles. The summed E-state index contributed by atoms with van der Waals surface area (Å²) in [6.45, 7) is 1.78. The van der Waals surface area contributed by atoms with Gasteiger partial charge in [-0.1, -0.05) is 23.7 Å². The molecule has 2 rings (SSSR count). The molecule has 20 heavy (non-hydrogen) atoms. The summed E-state index contributed by atoms with van der Waals surface area (Å²) in [4.78, 5) is 11.8. The highest BCUT2D eigenvalue weighted by molar-refractivity contribution is 6.31. The third-order valence-corrected chi connectivity index (χ3v) is 3.15. The molecule has 0 aliphatic rings. The van der Waals surface area contributed by atoms with Gasteiger partial charge in [0.25, 0.3) is 0 Å². The van der Waals surface area contributed by atoms with Crippen LogP contribution in [-0.2, 0) is 11.2 Å². The maximum atomic E-state index is 13.6. The van der Waals surface area contributed by atoms with Gasteiger partial charge in [0.1, 0.15) is 11.6 Å². The number of carbonyl (C=O) groups is 1. The van der Waals surface area contributed by atoms with Crippen LogP contribution < -0.4 is 5.32 Å². The van der Waals surface area contributed by atoms with Gasteiger partial charge < -0.3 is 5.32 Å². The molecule has 0 fully saturated rings. The molecular weight excluding hydrogens is 284 g/mol. The van der Waals surface area contributed by atoms with E-state index in [0.29, 0.717) is 0 Å². The molecule has 2 aromatic rings. The van der Waals surface area contributed by atoms with E-state index in [1.165, 1.54) is 30.3 Å². The van der Waals surface area contributed by atoms with E-state index in [2.05, 4.69) is 5.32 Å². The van der Waals surface area contributed by atoms with Crippen LogP contribution in [0.5, 0.6) is 0 Å². The summed E-state index contributed by atoms with van der Waals surface area (Å²) in [6.07, 6.45) is -0.251. The van der Waals surface area contributed by atoms with Crippen LogP contribution in [-0.4, -0.2) is 5.91 Å². The zero-order chi connectivity index (χ0) is 14.7. The molecule has 0 radical (unpaired) electrons. The Morgan fingerprint density at radius 3 is 2.65 bits per heavy atom. The lowest BCUT2D eigenvalue weighted by molar-refractivity contribution is -0.115. The minimum Gasteiger partial charge on any atom is -0.323 e. The predicted octanol–water partition coefficient (Wildman–Crippen LogP) is 4.11. The van der Waals surface area contributed by atoms with Crippen molar-refractivity contribution in [3.05, 3.63) is 64.2 Å². The fourth-order valence-corrected chi connectivity index (χ4v) is 2.02. The highest BCUT2D eigenvalue weighted by atomic mass is 35.5. The second-order valence-electron chi connectivity index (χ2n) is 4.41. The number of aryl methyl sites for hydroxylation is 1. The first-order chi connectivity index (χ1) is 9.47. The van der Waals surface area contributed by atoms with Crippen LogP contribution in [0.2, 0.25) is 5.02 Å². The van der Waals surface area contributed by atoms with E-state index in [0.717, 1.165) is 5.56 Å². The summed E-state index contributed by atoms with van der Waals surface area (Å²) in [6, 6.07) is 8.55. The van der Waals surface area contributed by atoms with Crippen molar-refractivity contribution in [3.8, 4) is 0 Å². The maximum absolute atomic E-state index is 13.6. The molecule has 0 spiro atoms. The lowest BCUT2D eigenvalue weighted by Gasteiger charge is -2.09. The van der Waals surface area contributed by atoms with Crippen LogP contribution in [0.3, 0.4) is 0 Å². The number of anilines is 1. The average molecular weight is 296 g/mol. The van der Waals surface area contributed by atoms with Gasteiger partial charge in [-0.3, -0.25) is 4.79 Å². The predicted molar refractivity (Wildman–Crippen MR) is 74.9 cm³/mol. The van der Waals surface area contributed by atoms with Crippen LogP contribution in [0.4, 0.5) is 14.5 Å². The number of hydrogen-bond donors (Lipinski definition) is 1. The Morgan fingerprint density at radius 2 is 1.95 bits per heavy atom. The minimum absolute atomic E-state index is 0.0717. The fourth-order valence-electron chi connectivity index (χ4n) is 1.79. The second kappa shape index (κ2) is 6.01. The minimum atomic E-state index is -0.558. The van der Waals surface area contributed by atoms with Crippen molar-refractivity contribution in [2.75, 3.05) is 5.32 Å². The number of carbonyl (C=O) groups excluding carboxylic acids is 1. The van der Waals surface area contributed by atoms with E-state index < -0.39 is 17.5 Å². The summed E-state index contributed by atoms with van der Waals surface area (Å²) in [5.41, 5.74) is 0.979.